The molecule has 1 aliphatic heterocycles. The van der Waals surface area contributed by atoms with Crippen LogP contribution >= 0.6 is 15.9 Å². The third-order valence-corrected chi connectivity index (χ3v) is 4.92. The SMILES string of the molecule is Cc1ccc(C)c2c1=CC(CCNC(=O)c1ccc(Br)cc1)C(=O)N=2. The number of hydrogen-bond acceptors (Lipinski definition) is 2. The van der Waals surface area contributed by atoms with Gasteiger partial charge in [-0.05, 0) is 55.7 Å². The van der Waals surface area contributed by atoms with Crippen LogP contribution in [0.5, 0.6) is 0 Å². The van der Waals surface area contributed by atoms with E-state index in [-0.39, 0.29) is 17.7 Å². The van der Waals surface area contributed by atoms with Gasteiger partial charge in [-0.3, -0.25) is 9.59 Å². The van der Waals surface area contributed by atoms with E-state index >= 15 is 0 Å². The Bertz CT molecular complexity index is 949. The number of carbonyl (C=O) groups is 2. The van der Waals surface area contributed by atoms with Crippen molar-refractivity contribution in [3.05, 3.63) is 68.1 Å². The lowest BCUT2D eigenvalue weighted by Crippen LogP contribution is -2.38. The first kappa shape index (κ1) is 17.5. The van der Waals surface area contributed by atoms with Crippen molar-refractivity contribution in [3.8, 4) is 0 Å². The lowest BCUT2D eigenvalue weighted by Gasteiger charge is -2.14. The summed E-state index contributed by atoms with van der Waals surface area (Å²) in [4.78, 5) is 28.7. The molecule has 128 valence electrons. The highest BCUT2D eigenvalue weighted by molar-refractivity contribution is 9.10. The number of fused-ring (bicyclic) bond motifs is 1. The van der Waals surface area contributed by atoms with Crippen LogP contribution in [0.1, 0.15) is 27.9 Å². The molecular weight excluding hydrogens is 380 g/mol. The van der Waals surface area contributed by atoms with Crippen molar-refractivity contribution in [2.75, 3.05) is 6.54 Å². The molecule has 0 bridgehead atoms. The summed E-state index contributed by atoms with van der Waals surface area (Å²) in [5.74, 6) is -0.572. The minimum Gasteiger partial charge on any atom is -0.352 e. The number of hydrogen-bond donors (Lipinski definition) is 1. The van der Waals surface area contributed by atoms with Crippen LogP contribution in [0.2, 0.25) is 0 Å². The topological polar surface area (TPSA) is 58.5 Å². The molecule has 0 radical (unpaired) electrons. The molecule has 0 spiro atoms. The smallest absolute Gasteiger partial charge is 0.253 e. The molecule has 2 aromatic rings. The molecule has 1 atom stereocenters. The van der Waals surface area contributed by atoms with Crippen molar-refractivity contribution in [3.63, 3.8) is 0 Å². The first-order chi connectivity index (χ1) is 12.0. The maximum absolute atomic E-state index is 12.3. The first-order valence-electron chi connectivity index (χ1n) is 8.20. The van der Waals surface area contributed by atoms with Crippen LogP contribution in [0.3, 0.4) is 0 Å². The van der Waals surface area contributed by atoms with Gasteiger partial charge in [-0.15, -0.1) is 0 Å². The number of carbonyl (C=O) groups excluding carboxylic acids is 2. The molecule has 2 aromatic carbocycles. The summed E-state index contributed by atoms with van der Waals surface area (Å²) in [6.07, 6.45) is 2.52. The summed E-state index contributed by atoms with van der Waals surface area (Å²) < 4.78 is 0.928. The van der Waals surface area contributed by atoms with E-state index in [0.717, 1.165) is 26.2 Å². The van der Waals surface area contributed by atoms with Crippen molar-refractivity contribution in [2.45, 2.75) is 20.3 Å². The standard InChI is InChI=1S/C20H19BrN2O2/c1-12-3-4-13(2)18-17(12)11-15(20(25)23-18)9-10-22-19(24)14-5-7-16(21)8-6-14/h3-8,11,15H,9-10H2,1-2H3,(H,22,24). The van der Waals surface area contributed by atoms with E-state index in [0.29, 0.717) is 18.5 Å². The highest BCUT2D eigenvalue weighted by atomic mass is 79.9. The zero-order chi connectivity index (χ0) is 18.0. The highest BCUT2D eigenvalue weighted by Crippen LogP contribution is 2.12. The normalized spacial score (nSPS) is 15.8. The molecule has 2 amide bonds. The zero-order valence-corrected chi connectivity index (χ0v) is 15.8. The molecule has 25 heavy (non-hydrogen) atoms. The number of amides is 2. The largest absolute Gasteiger partial charge is 0.352 e. The molecule has 0 aliphatic carbocycles. The van der Waals surface area contributed by atoms with E-state index in [1.165, 1.54) is 0 Å². The molecule has 5 heteroatoms. The molecule has 0 aromatic heterocycles. The summed E-state index contributed by atoms with van der Waals surface area (Å²) in [5, 5.41) is 4.68. The first-order valence-corrected chi connectivity index (χ1v) is 8.99. The average Bonchev–Trinajstić information content (AvgIpc) is 2.60. The van der Waals surface area contributed by atoms with E-state index in [1.54, 1.807) is 12.1 Å². The number of aryl methyl sites for hydroxylation is 2. The Kier molecular flexibility index (Phi) is 5.13. The van der Waals surface area contributed by atoms with Gasteiger partial charge >= 0.3 is 0 Å². The van der Waals surface area contributed by atoms with Gasteiger partial charge in [0.1, 0.15) is 0 Å². The maximum atomic E-state index is 12.3. The quantitative estimate of drug-likeness (QED) is 0.859. The summed E-state index contributed by atoms with van der Waals surface area (Å²) in [6.45, 7) is 4.41. The molecule has 3 rings (SSSR count). The Morgan fingerprint density at radius 1 is 1.12 bits per heavy atom. The fourth-order valence-corrected chi connectivity index (χ4v) is 3.16. The summed E-state index contributed by atoms with van der Waals surface area (Å²) in [5.41, 5.74) is 2.72. The predicted octanol–water partition coefficient (Wildman–Crippen LogP) is 2.44. The van der Waals surface area contributed by atoms with Gasteiger partial charge in [-0.2, -0.15) is 0 Å². The van der Waals surface area contributed by atoms with E-state index in [1.807, 2.05) is 44.2 Å². The Morgan fingerprint density at radius 2 is 1.80 bits per heavy atom. The molecule has 0 saturated heterocycles. The van der Waals surface area contributed by atoms with Crippen LogP contribution in [0.4, 0.5) is 0 Å². The number of nitrogens with one attached hydrogen (secondary N) is 1. The molecule has 1 unspecified atom stereocenters. The Balaban J connectivity index is 1.68. The number of nitrogens with zero attached hydrogens (tertiary/aromatic N) is 1. The monoisotopic (exact) mass is 398 g/mol. The van der Waals surface area contributed by atoms with Crippen LogP contribution in [-0.4, -0.2) is 18.4 Å². The van der Waals surface area contributed by atoms with Gasteiger partial charge in [0.25, 0.3) is 11.8 Å². The third kappa shape index (κ3) is 3.87. The van der Waals surface area contributed by atoms with E-state index in [2.05, 4.69) is 26.2 Å². The van der Waals surface area contributed by atoms with E-state index in [9.17, 15) is 9.59 Å². The average molecular weight is 399 g/mol. The van der Waals surface area contributed by atoms with E-state index in [4.69, 9.17) is 0 Å². The van der Waals surface area contributed by atoms with Crippen LogP contribution in [0.15, 0.2) is 45.9 Å². The number of halogens is 1. The predicted molar refractivity (Wildman–Crippen MR) is 101 cm³/mol. The lowest BCUT2D eigenvalue weighted by molar-refractivity contribution is -0.120. The number of rotatable bonds is 4. The minimum atomic E-state index is -0.293. The Labute approximate surface area is 154 Å². The summed E-state index contributed by atoms with van der Waals surface area (Å²) >= 11 is 3.35. The molecule has 1 heterocycles. The van der Waals surface area contributed by atoms with Gasteiger partial charge in [-0.25, -0.2) is 4.99 Å². The van der Waals surface area contributed by atoms with Gasteiger partial charge in [0.15, 0.2) is 0 Å². The van der Waals surface area contributed by atoms with Gasteiger partial charge in [0.2, 0.25) is 0 Å². The van der Waals surface area contributed by atoms with Crippen LogP contribution in [0.25, 0.3) is 6.08 Å². The minimum absolute atomic E-state index is 0.139. The van der Waals surface area contributed by atoms with Crippen LogP contribution in [-0.2, 0) is 4.79 Å². The molecule has 0 saturated carbocycles. The maximum Gasteiger partial charge on any atom is 0.253 e. The summed E-state index contributed by atoms with van der Waals surface area (Å²) in [6, 6.07) is 11.2. The Morgan fingerprint density at radius 3 is 2.52 bits per heavy atom. The fraction of sp³-hybridized carbons (Fsp3) is 0.250. The van der Waals surface area contributed by atoms with Crippen molar-refractivity contribution in [1.29, 1.82) is 0 Å². The highest BCUT2D eigenvalue weighted by Gasteiger charge is 2.19. The van der Waals surface area contributed by atoms with E-state index < -0.39 is 0 Å². The second-order valence-electron chi connectivity index (χ2n) is 6.24. The molecule has 1 N–H and O–H groups in total. The van der Waals surface area contributed by atoms with Crippen molar-refractivity contribution < 1.29 is 9.59 Å². The van der Waals surface area contributed by atoms with Crippen molar-refractivity contribution in [1.82, 2.24) is 5.32 Å². The molecule has 0 fully saturated rings. The fourth-order valence-electron chi connectivity index (χ4n) is 2.89. The third-order valence-electron chi connectivity index (χ3n) is 4.39. The number of benzene rings is 2. The Hall–Kier alpha value is -2.27. The van der Waals surface area contributed by atoms with Crippen molar-refractivity contribution >= 4 is 33.8 Å². The summed E-state index contributed by atoms with van der Waals surface area (Å²) in [7, 11) is 0. The van der Waals surface area contributed by atoms with Gasteiger partial charge in [-0.1, -0.05) is 34.1 Å². The lowest BCUT2D eigenvalue weighted by atomic mass is 9.97. The van der Waals surface area contributed by atoms with Crippen LogP contribution in [0, 0.1) is 19.8 Å². The second-order valence-corrected chi connectivity index (χ2v) is 7.15. The zero-order valence-electron chi connectivity index (χ0n) is 14.2. The molecular formula is C20H19BrN2O2. The van der Waals surface area contributed by atoms with Gasteiger partial charge < -0.3 is 5.32 Å². The van der Waals surface area contributed by atoms with Crippen LogP contribution < -0.4 is 15.9 Å². The molecule has 4 nitrogen and oxygen atoms in total. The second kappa shape index (κ2) is 7.31. The van der Waals surface area contributed by atoms with Gasteiger partial charge in [0, 0.05) is 21.8 Å². The molecule has 1 aliphatic rings. The van der Waals surface area contributed by atoms with Crippen molar-refractivity contribution in [2.24, 2.45) is 10.9 Å². The van der Waals surface area contributed by atoms with Gasteiger partial charge in [0.05, 0.1) is 11.3 Å².